The van der Waals surface area contributed by atoms with Crippen LogP contribution in [0, 0.1) is 12.3 Å². The predicted octanol–water partition coefficient (Wildman–Crippen LogP) is 0.901. The molecular formula is C10H17NO. The molecule has 2 heteroatoms. The molecule has 0 bridgehead atoms. The molecule has 1 rings (SSSR count). The fourth-order valence-corrected chi connectivity index (χ4v) is 1.74. The summed E-state index contributed by atoms with van der Waals surface area (Å²) in [5.74, 6) is 2.61. The first-order valence-electron chi connectivity index (χ1n) is 4.61. The zero-order valence-electron chi connectivity index (χ0n) is 7.59. The number of aliphatic hydroxyl groups excluding tert-OH is 1. The Bertz CT molecular complexity index is 173. The molecule has 1 aliphatic carbocycles. The van der Waals surface area contributed by atoms with Crippen molar-refractivity contribution in [2.45, 2.75) is 50.8 Å². The average molecular weight is 167 g/mol. The van der Waals surface area contributed by atoms with Gasteiger partial charge in [0.05, 0.1) is 6.10 Å². The van der Waals surface area contributed by atoms with Gasteiger partial charge in [-0.3, -0.25) is 0 Å². The van der Waals surface area contributed by atoms with Crippen LogP contribution in [0.4, 0.5) is 0 Å². The molecule has 0 aromatic heterocycles. The summed E-state index contributed by atoms with van der Waals surface area (Å²) in [6.45, 7) is 2.06. The second kappa shape index (κ2) is 4.49. The van der Waals surface area contributed by atoms with Crippen molar-refractivity contribution in [1.29, 1.82) is 0 Å². The van der Waals surface area contributed by atoms with E-state index in [9.17, 15) is 5.11 Å². The van der Waals surface area contributed by atoms with E-state index in [-0.39, 0.29) is 12.1 Å². The van der Waals surface area contributed by atoms with Crippen LogP contribution in [-0.4, -0.2) is 23.3 Å². The Balaban J connectivity index is 2.26. The topological polar surface area (TPSA) is 32.3 Å². The molecule has 1 unspecified atom stereocenters. The highest BCUT2D eigenvalue weighted by Gasteiger charge is 2.25. The van der Waals surface area contributed by atoms with E-state index >= 15 is 0 Å². The third kappa shape index (κ3) is 2.51. The van der Waals surface area contributed by atoms with Gasteiger partial charge in [-0.25, -0.2) is 0 Å². The summed E-state index contributed by atoms with van der Waals surface area (Å²) >= 11 is 0. The molecule has 0 aromatic carbocycles. The smallest absolute Gasteiger partial charge is 0.0693 e. The number of hydrogen-bond donors (Lipinski definition) is 2. The minimum Gasteiger partial charge on any atom is -0.392 e. The average Bonchev–Trinajstić information content (AvgIpc) is 2.37. The van der Waals surface area contributed by atoms with E-state index < -0.39 is 0 Å². The molecule has 0 spiro atoms. The van der Waals surface area contributed by atoms with E-state index in [0.717, 1.165) is 25.7 Å². The second-order valence-electron chi connectivity index (χ2n) is 3.58. The van der Waals surface area contributed by atoms with Crippen LogP contribution in [0.1, 0.15) is 32.6 Å². The van der Waals surface area contributed by atoms with Crippen LogP contribution in [0.3, 0.4) is 0 Å². The maximum absolute atomic E-state index is 9.49. The Morgan fingerprint density at radius 2 is 2.42 bits per heavy atom. The van der Waals surface area contributed by atoms with Gasteiger partial charge in [0.1, 0.15) is 0 Å². The van der Waals surface area contributed by atoms with Gasteiger partial charge >= 0.3 is 0 Å². The molecular weight excluding hydrogens is 150 g/mol. The van der Waals surface area contributed by atoms with Crippen LogP contribution >= 0.6 is 0 Å². The van der Waals surface area contributed by atoms with Gasteiger partial charge in [0.25, 0.3) is 0 Å². The Labute approximate surface area is 74.4 Å². The van der Waals surface area contributed by atoms with Gasteiger partial charge in [-0.2, -0.15) is 0 Å². The summed E-state index contributed by atoms with van der Waals surface area (Å²) in [6, 6.07) is 0.598. The van der Waals surface area contributed by atoms with E-state index in [2.05, 4.69) is 18.2 Å². The lowest BCUT2D eigenvalue weighted by atomic mass is 10.1. The summed E-state index contributed by atoms with van der Waals surface area (Å²) in [5.41, 5.74) is 0. The molecule has 2 N–H and O–H groups in total. The number of aliphatic hydroxyl groups is 1. The van der Waals surface area contributed by atoms with Gasteiger partial charge in [-0.05, 0) is 26.2 Å². The standard InChI is InChI=1S/C10H17NO/c1-3-5-8(2)11-9-6-4-7-10(9)12/h1,8-12H,4-7H2,2H3/t8?,9-,10-/m1/s1. The zero-order valence-corrected chi connectivity index (χ0v) is 7.59. The molecule has 0 heterocycles. The Morgan fingerprint density at radius 3 is 2.92 bits per heavy atom. The summed E-state index contributed by atoms with van der Waals surface area (Å²) in [5, 5.41) is 12.8. The van der Waals surface area contributed by atoms with Crippen molar-refractivity contribution in [1.82, 2.24) is 5.32 Å². The van der Waals surface area contributed by atoms with Gasteiger partial charge in [0, 0.05) is 18.5 Å². The highest BCUT2D eigenvalue weighted by atomic mass is 16.3. The van der Waals surface area contributed by atoms with Gasteiger partial charge in [-0.15, -0.1) is 12.3 Å². The van der Waals surface area contributed by atoms with E-state index in [4.69, 9.17) is 6.42 Å². The number of terminal acetylenes is 1. The first kappa shape index (κ1) is 9.57. The van der Waals surface area contributed by atoms with E-state index in [1.807, 2.05) is 0 Å². The second-order valence-corrected chi connectivity index (χ2v) is 3.58. The summed E-state index contributed by atoms with van der Waals surface area (Å²) < 4.78 is 0. The van der Waals surface area contributed by atoms with Crippen molar-refractivity contribution in [2.24, 2.45) is 0 Å². The number of nitrogens with one attached hydrogen (secondary N) is 1. The van der Waals surface area contributed by atoms with E-state index in [1.54, 1.807) is 0 Å². The lowest BCUT2D eigenvalue weighted by Crippen LogP contribution is -2.41. The first-order valence-corrected chi connectivity index (χ1v) is 4.61. The predicted molar refractivity (Wildman–Crippen MR) is 49.7 cm³/mol. The Hall–Kier alpha value is -0.520. The summed E-state index contributed by atoms with van der Waals surface area (Å²) in [4.78, 5) is 0. The third-order valence-corrected chi connectivity index (χ3v) is 2.40. The van der Waals surface area contributed by atoms with E-state index in [1.165, 1.54) is 0 Å². The minimum absolute atomic E-state index is 0.162. The van der Waals surface area contributed by atoms with Crippen LogP contribution in [0.5, 0.6) is 0 Å². The summed E-state index contributed by atoms with van der Waals surface area (Å²) in [6.07, 6.45) is 8.90. The molecule has 1 saturated carbocycles. The molecule has 12 heavy (non-hydrogen) atoms. The molecule has 0 aromatic rings. The summed E-state index contributed by atoms with van der Waals surface area (Å²) in [7, 11) is 0. The number of rotatable bonds is 3. The molecule has 68 valence electrons. The van der Waals surface area contributed by atoms with Crippen molar-refractivity contribution in [3.8, 4) is 12.3 Å². The SMILES string of the molecule is C#CCC(C)N[C@@H]1CCC[C@H]1O. The maximum Gasteiger partial charge on any atom is 0.0693 e. The highest BCUT2D eigenvalue weighted by molar-refractivity contribution is 4.91. The Kier molecular flexibility index (Phi) is 3.58. The van der Waals surface area contributed by atoms with Gasteiger partial charge < -0.3 is 10.4 Å². The lowest BCUT2D eigenvalue weighted by molar-refractivity contribution is 0.144. The van der Waals surface area contributed by atoms with Gasteiger partial charge in [0.2, 0.25) is 0 Å². The fourth-order valence-electron chi connectivity index (χ4n) is 1.74. The molecule has 3 atom stereocenters. The van der Waals surface area contributed by atoms with Crippen molar-refractivity contribution >= 4 is 0 Å². The molecule has 0 saturated heterocycles. The monoisotopic (exact) mass is 167 g/mol. The van der Waals surface area contributed by atoms with E-state index in [0.29, 0.717) is 6.04 Å². The zero-order chi connectivity index (χ0) is 8.97. The molecule has 1 aliphatic rings. The molecule has 0 aliphatic heterocycles. The Morgan fingerprint density at radius 1 is 1.67 bits per heavy atom. The third-order valence-electron chi connectivity index (χ3n) is 2.40. The van der Waals surface area contributed by atoms with Crippen LogP contribution < -0.4 is 5.32 Å². The molecule has 1 fully saturated rings. The van der Waals surface area contributed by atoms with Crippen LogP contribution in [0.2, 0.25) is 0 Å². The molecule has 0 radical (unpaired) electrons. The van der Waals surface area contributed by atoms with Crippen LogP contribution in [0.15, 0.2) is 0 Å². The van der Waals surface area contributed by atoms with Crippen molar-refractivity contribution < 1.29 is 5.11 Å². The van der Waals surface area contributed by atoms with Crippen LogP contribution in [0.25, 0.3) is 0 Å². The highest BCUT2D eigenvalue weighted by Crippen LogP contribution is 2.19. The quantitative estimate of drug-likeness (QED) is 0.612. The largest absolute Gasteiger partial charge is 0.392 e. The first-order chi connectivity index (χ1) is 5.74. The van der Waals surface area contributed by atoms with Crippen molar-refractivity contribution in [3.63, 3.8) is 0 Å². The van der Waals surface area contributed by atoms with Gasteiger partial charge in [0.15, 0.2) is 0 Å². The normalized spacial score (nSPS) is 31.4. The fraction of sp³-hybridized carbons (Fsp3) is 0.800. The number of hydrogen-bond acceptors (Lipinski definition) is 2. The van der Waals surface area contributed by atoms with Crippen LogP contribution in [-0.2, 0) is 0 Å². The maximum atomic E-state index is 9.49. The van der Waals surface area contributed by atoms with Crippen molar-refractivity contribution in [2.75, 3.05) is 0 Å². The molecule has 0 amide bonds. The van der Waals surface area contributed by atoms with Gasteiger partial charge in [-0.1, -0.05) is 0 Å². The minimum atomic E-state index is -0.162. The van der Waals surface area contributed by atoms with Crippen molar-refractivity contribution in [3.05, 3.63) is 0 Å². The molecule has 2 nitrogen and oxygen atoms in total. The lowest BCUT2D eigenvalue weighted by Gasteiger charge is -2.20.